The van der Waals surface area contributed by atoms with Gasteiger partial charge in [-0.05, 0) is 40.2 Å². The Morgan fingerprint density at radius 2 is 2.19 bits per heavy atom. The van der Waals surface area contributed by atoms with Crippen molar-refractivity contribution in [3.63, 3.8) is 0 Å². The van der Waals surface area contributed by atoms with Gasteiger partial charge >= 0.3 is 0 Å². The van der Waals surface area contributed by atoms with E-state index in [0.29, 0.717) is 5.84 Å². The third-order valence-corrected chi connectivity index (χ3v) is 3.56. The number of nitrogens with zero attached hydrogens (tertiary/aromatic N) is 3. The van der Waals surface area contributed by atoms with Crippen LogP contribution in [0.2, 0.25) is 0 Å². The molecule has 7 heteroatoms. The molecule has 3 rings (SSSR count). The second-order valence-corrected chi connectivity index (χ2v) is 5.60. The number of imidazole rings is 1. The molecule has 1 aromatic carbocycles. The summed E-state index contributed by atoms with van der Waals surface area (Å²) < 4.78 is 0.903. The van der Waals surface area contributed by atoms with Crippen LogP contribution in [-0.2, 0) is 0 Å². The highest BCUT2D eigenvalue weighted by atomic mass is 79.9. The van der Waals surface area contributed by atoms with Crippen LogP contribution >= 0.6 is 27.5 Å². The average Bonchev–Trinajstić information content (AvgIpc) is 2.90. The van der Waals surface area contributed by atoms with E-state index in [1.807, 2.05) is 24.3 Å². The van der Waals surface area contributed by atoms with E-state index in [2.05, 4.69) is 35.9 Å². The van der Waals surface area contributed by atoms with E-state index in [1.165, 1.54) is 0 Å². The monoisotopic (exact) mass is 363 g/mol. The second-order valence-electron chi connectivity index (χ2n) is 4.42. The summed E-state index contributed by atoms with van der Waals surface area (Å²) in [7, 11) is 0. The predicted octanol–water partition coefficient (Wildman–Crippen LogP) is 3.61. The van der Waals surface area contributed by atoms with Gasteiger partial charge in [0.2, 0.25) is 0 Å². The second kappa shape index (κ2) is 5.83. The van der Waals surface area contributed by atoms with Crippen LogP contribution in [0.25, 0.3) is 22.4 Å². The number of nitrogens with one attached hydrogen (secondary N) is 1. The maximum atomic E-state index is 5.64. The molecule has 0 spiro atoms. The SMILES string of the molecule is NC(CCl)=Nc1ccc2nc(-c3cncc(Br)c3)[nH]c2c1. The van der Waals surface area contributed by atoms with Gasteiger partial charge in [0.1, 0.15) is 11.7 Å². The fourth-order valence-corrected chi connectivity index (χ4v) is 2.37. The Bertz CT molecular complexity index is 827. The molecule has 0 bridgehead atoms. The van der Waals surface area contributed by atoms with E-state index in [1.54, 1.807) is 12.4 Å². The molecule has 0 aliphatic rings. The summed E-state index contributed by atoms with van der Waals surface area (Å²) in [6.45, 7) is 0. The number of pyridine rings is 1. The molecule has 0 aliphatic heterocycles. The molecule has 2 aromatic heterocycles. The molecule has 0 aliphatic carbocycles. The molecule has 0 radical (unpaired) electrons. The number of aliphatic imine (C=N–C) groups is 1. The van der Waals surface area contributed by atoms with Gasteiger partial charge in [-0.1, -0.05) is 0 Å². The molecular weight excluding hydrogens is 354 g/mol. The van der Waals surface area contributed by atoms with Gasteiger partial charge in [-0.25, -0.2) is 9.98 Å². The van der Waals surface area contributed by atoms with Crippen molar-refractivity contribution < 1.29 is 0 Å². The molecule has 3 aromatic rings. The van der Waals surface area contributed by atoms with E-state index in [9.17, 15) is 0 Å². The normalized spacial score (nSPS) is 12.0. The highest BCUT2D eigenvalue weighted by Crippen LogP contribution is 2.25. The summed E-state index contributed by atoms with van der Waals surface area (Å²) in [5.41, 5.74) is 9.03. The van der Waals surface area contributed by atoms with E-state index in [4.69, 9.17) is 17.3 Å². The summed E-state index contributed by atoms with van der Waals surface area (Å²) in [5.74, 6) is 1.34. The van der Waals surface area contributed by atoms with Gasteiger partial charge < -0.3 is 10.7 Å². The lowest BCUT2D eigenvalue weighted by atomic mass is 10.3. The zero-order valence-corrected chi connectivity index (χ0v) is 13.2. The molecule has 2 heterocycles. The number of alkyl halides is 1. The zero-order chi connectivity index (χ0) is 14.8. The standard InChI is InChI=1S/C14H11BrClN5/c15-9-3-8(6-18-7-9)14-20-11-2-1-10(4-12(11)21-14)19-13(17)5-16/h1-4,6-7H,5H2,(H2,17,19)(H,20,21). The first-order chi connectivity index (χ1) is 10.2. The van der Waals surface area contributed by atoms with Crippen LogP contribution in [0.3, 0.4) is 0 Å². The van der Waals surface area contributed by atoms with Gasteiger partial charge in [0.25, 0.3) is 0 Å². The fraction of sp³-hybridized carbons (Fsp3) is 0.0714. The minimum Gasteiger partial charge on any atom is -0.386 e. The first-order valence-corrected chi connectivity index (χ1v) is 7.48. The van der Waals surface area contributed by atoms with Crippen LogP contribution in [-0.4, -0.2) is 26.7 Å². The molecule has 0 saturated carbocycles. The van der Waals surface area contributed by atoms with Crippen molar-refractivity contribution >= 4 is 50.1 Å². The number of halogens is 2. The first-order valence-electron chi connectivity index (χ1n) is 6.15. The average molecular weight is 365 g/mol. The molecule has 0 unspecified atom stereocenters. The molecule has 0 fully saturated rings. The lowest BCUT2D eigenvalue weighted by Gasteiger charge is -1.96. The summed E-state index contributed by atoms with van der Waals surface area (Å²) in [6.07, 6.45) is 3.49. The first kappa shape index (κ1) is 14.0. The van der Waals surface area contributed by atoms with Crippen molar-refractivity contribution in [3.8, 4) is 11.4 Å². The van der Waals surface area contributed by atoms with Gasteiger partial charge in [-0.3, -0.25) is 4.98 Å². The Hall–Kier alpha value is -1.92. The van der Waals surface area contributed by atoms with E-state index < -0.39 is 0 Å². The molecule has 106 valence electrons. The molecule has 0 atom stereocenters. The molecule has 0 saturated heterocycles. The number of fused-ring (bicyclic) bond motifs is 1. The Kier molecular flexibility index (Phi) is 3.90. The molecular formula is C14H11BrClN5. The summed E-state index contributed by atoms with van der Waals surface area (Å²) in [6, 6.07) is 7.58. The minimum atomic E-state index is 0.204. The number of hydrogen-bond donors (Lipinski definition) is 2. The van der Waals surface area contributed by atoms with Crippen LogP contribution in [0.15, 0.2) is 46.1 Å². The maximum Gasteiger partial charge on any atom is 0.140 e. The van der Waals surface area contributed by atoms with Crippen LogP contribution < -0.4 is 5.73 Å². The van der Waals surface area contributed by atoms with Gasteiger partial charge in [0, 0.05) is 22.4 Å². The Labute approximate surface area is 134 Å². The van der Waals surface area contributed by atoms with Crippen molar-refractivity contribution in [2.75, 3.05) is 5.88 Å². The number of benzene rings is 1. The maximum absolute atomic E-state index is 5.64. The van der Waals surface area contributed by atoms with Crippen molar-refractivity contribution in [1.82, 2.24) is 15.0 Å². The largest absolute Gasteiger partial charge is 0.386 e. The van der Waals surface area contributed by atoms with Crippen LogP contribution in [0.5, 0.6) is 0 Å². The van der Waals surface area contributed by atoms with Gasteiger partial charge in [-0.15, -0.1) is 11.6 Å². The number of rotatable bonds is 3. The van der Waals surface area contributed by atoms with Crippen molar-refractivity contribution in [2.24, 2.45) is 10.7 Å². The summed E-state index contributed by atoms with van der Waals surface area (Å²) in [5, 5.41) is 0. The van der Waals surface area contributed by atoms with Crippen LogP contribution in [0.4, 0.5) is 5.69 Å². The number of hydrogen-bond acceptors (Lipinski definition) is 3. The van der Waals surface area contributed by atoms with Gasteiger partial charge in [0.15, 0.2) is 0 Å². The topological polar surface area (TPSA) is 79.9 Å². The number of aromatic amines is 1. The number of nitrogens with two attached hydrogens (primary N) is 1. The summed E-state index contributed by atoms with van der Waals surface area (Å²) in [4.78, 5) is 16.2. The number of aromatic nitrogens is 3. The lowest BCUT2D eigenvalue weighted by Crippen LogP contribution is -2.12. The van der Waals surface area contributed by atoms with Crippen molar-refractivity contribution in [2.45, 2.75) is 0 Å². The van der Waals surface area contributed by atoms with Crippen molar-refractivity contribution in [3.05, 3.63) is 41.1 Å². The molecule has 21 heavy (non-hydrogen) atoms. The lowest BCUT2D eigenvalue weighted by molar-refractivity contribution is 1.26. The van der Waals surface area contributed by atoms with Crippen LogP contribution in [0, 0.1) is 0 Å². The van der Waals surface area contributed by atoms with Crippen molar-refractivity contribution in [1.29, 1.82) is 0 Å². The molecule has 3 N–H and O–H groups in total. The number of H-pyrrole nitrogens is 1. The third-order valence-electron chi connectivity index (χ3n) is 2.85. The van der Waals surface area contributed by atoms with Gasteiger partial charge in [-0.2, -0.15) is 0 Å². The van der Waals surface area contributed by atoms with Crippen LogP contribution in [0.1, 0.15) is 0 Å². The van der Waals surface area contributed by atoms with E-state index >= 15 is 0 Å². The quantitative estimate of drug-likeness (QED) is 0.423. The summed E-state index contributed by atoms with van der Waals surface area (Å²) >= 11 is 9.03. The number of amidine groups is 1. The highest BCUT2D eigenvalue weighted by molar-refractivity contribution is 9.10. The Morgan fingerprint density at radius 1 is 1.33 bits per heavy atom. The molecule has 0 amide bonds. The smallest absolute Gasteiger partial charge is 0.140 e. The van der Waals surface area contributed by atoms with E-state index in [0.717, 1.165) is 32.6 Å². The fourth-order valence-electron chi connectivity index (χ4n) is 1.94. The Balaban J connectivity index is 2.04. The zero-order valence-electron chi connectivity index (χ0n) is 10.8. The Morgan fingerprint density at radius 3 is 2.95 bits per heavy atom. The van der Waals surface area contributed by atoms with Gasteiger partial charge in [0.05, 0.1) is 22.6 Å². The molecule has 5 nitrogen and oxygen atoms in total. The third kappa shape index (κ3) is 3.06. The predicted molar refractivity (Wildman–Crippen MR) is 89.0 cm³/mol. The minimum absolute atomic E-state index is 0.204. The van der Waals surface area contributed by atoms with E-state index in [-0.39, 0.29) is 5.88 Å². The highest BCUT2D eigenvalue weighted by Gasteiger charge is 2.07.